The maximum absolute atomic E-state index is 5.99. The molecule has 1 fully saturated rings. The number of hydrogen-bond acceptors (Lipinski definition) is 2. The highest BCUT2D eigenvalue weighted by Crippen LogP contribution is 2.34. The van der Waals surface area contributed by atoms with Crippen molar-refractivity contribution in [1.82, 2.24) is 0 Å². The monoisotopic (exact) mass is 324 g/mol. The zero-order valence-corrected chi connectivity index (χ0v) is 13.8. The molecule has 1 aliphatic heterocycles. The minimum Gasteiger partial charge on any atom is -0.371 e. The molecule has 1 unspecified atom stereocenters. The van der Waals surface area contributed by atoms with E-state index in [4.69, 9.17) is 5.73 Å². The van der Waals surface area contributed by atoms with Crippen LogP contribution in [0.2, 0.25) is 0 Å². The molecular weight excluding hydrogens is 300 g/mol. The summed E-state index contributed by atoms with van der Waals surface area (Å²) < 4.78 is 1.14. The summed E-state index contributed by atoms with van der Waals surface area (Å²) in [5.74, 6) is 0. The first-order valence-electron chi connectivity index (χ1n) is 7.16. The Morgan fingerprint density at radius 1 is 1.42 bits per heavy atom. The Hall–Kier alpha value is -0.540. The largest absolute Gasteiger partial charge is 0.371 e. The van der Waals surface area contributed by atoms with E-state index in [1.165, 1.54) is 24.1 Å². The number of nitrogens with two attached hydrogens (primary N) is 1. The molecule has 1 aliphatic rings. The van der Waals surface area contributed by atoms with E-state index < -0.39 is 0 Å². The molecular formula is C16H25BrN2. The van der Waals surface area contributed by atoms with E-state index in [1.54, 1.807) is 0 Å². The van der Waals surface area contributed by atoms with E-state index in [0.717, 1.165) is 24.0 Å². The normalized spacial score (nSPS) is 20.4. The highest BCUT2D eigenvalue weighted by atomic mass is 79.9. The van der Waals surface area contributed by atoms with Crippen molar-refractivity contribution >= 4 is 21.6 Å². The molecule has 2 rings (SSSR count). The Labute approximate surface area is 125 Å². The van der Waals surface area contributed by atoms with Gasteiger partial charge in [0.15, 0.2) is 0 Å². The summed E-state index contributed by atoms with van der Waals surface area (Å²) in [6, 6.07) is 6.80. The summed E-state index contributed by atoms with van der Waals surface area (Å²) in [5.41, 5.74) is 9.14. The molecule has 0 aromatic heterocycles. The maximum atomic E-state index is 5.99. The fraction of sp³-hybridized carbons (Fsp3) is 0.625. The molecule has 0 bridgehead atoms. The van der Waals surface area contributed by atoms with Crippen molar-refractivity contribution in [3.63, 3.8) is 0 Å². The summed E-state index contributed by atoms with van der Waals surface area (Å²) in [6.07, 6.45) is 3.54. The van der Waals surface area contributed by atoms with Crippen LogP contribution in [0.15, 0.2) is 22.7 Å². The van der Waals surface area contributed by atoms with Crippen LogP contribution in [0.3, 0.4) is 0 Å². The minimum atomic E-state index is 0.200. The fourth-order valence-corrected chi connectivity index (χ4v) is 3.41. The van der Waals surface area contributed by atoms with Crippen LogP contribution in [0, 0.1) is 5.41 Å². The van der Waals surface area contributed by atoms with Gasteiger partial charge in [0, 0.05) is 29.3 Å². The Morgan fingerprint density at radius 2 is 2.16 bits per heavy atom. The minimum absolute atomic E-state index is 0.200. The molecule has 0 saturated carbocycles. The van der Waals surface area contributed by atoms with Crippen molar-refractivity contribution in [2.75, 3.05) is 18.0 Å². The number of rotatable bonds is 3. The third kappa shape index (κ3) is 3.96. The Bertz CT molecular complexity index is 440. The average molecular weight is 325 g/mol. The summed E-state index contributed by atoms with van der Waals surface area (Å²) in [4.78, 5) is 2.54. The second-order valence-corrected chi connectivity index (χ2v) is 7.56. The summed E-state index contributed by atoms with van der Waals surface area (Å²) >= 11 is 3.57. The van der Waals surface area contributed by atoms with Gasteiger partial charge in [-0.05, 0) is 55.4 Å². The number of nitrogens with zero attached hydrogens (tertiary/aromatic N) is 1. The summed E-state index contributed by atoms with van der Waals surface area (Å²) in [5, 5.41) is 0. The molecule has 1 heterocycles. The van der Waals surface area contributed by atoms with Crippen LogP contribution >= 0.6 is 15.9 Å². The Balaban J connectivity index is 2.27. The van der Waals surface area contributed by atoms with E-state index >= 15 is 0 Å². The first-order chi connectivity index (χ1) is 8.87. The average Bonchev–Trinajstić information content (AvgIpc) is 2.26. The van der Waals surface area contributed by atoms with Gasteiger partial charge in [-0.15, -0.1) is 0 Å². The quantitative estimate of drug-likeness (QED) is 0.911. The second-order valence-electron chi connectivity index (χ2n) is 6.64. The third-order valence-corrected chi connectivity index (χ3v) is 4.32. The molecule has 0 radical (unpaired) electrons. The van der Waals surface area contributed by atoms with Gasteiger partial charge in [0.2, 0.25) is 0 Å². The van der Waals surface area contributed by atoms with Crippen molar-refractivity contribution in [3.05, 3.63) is 28.2 Å². The van der Waals surface area contributed by atoms with E-state index in [9.17, 15) is 0 Å². The lowest BCUT2D eigenvalue weighted by molar-refractivity contribution is 0.293. The topological polar surface area (TPSA) is 29.3 Å². The van der Waals surface area contributed by atoms with Crippen LogP contribution in [-0.2, 0) is 6.42 Å². The molecule has 2 nitrogen and oxygen atoms in total. The lowest BCUT2D eigenvalue weighted by Gasteiger charge is -2.40. The van der Waals surface area contributed by atoms with Gasteiger partial charge < -0.3 is 10.6 Å². The summed E-state index contributed by atoms with van der Waals surface area (Å²) in [6.45, 7) is 9.11. The van der Waals surface area contributed by atoms with Gasteiger partial charge in [0.25, 0.3) is 0 Å². The van der Waals surface area contributed by atoms with Crippen LogP contribution in [0.5, 0.6) is 0 Å². The van der Waals surface area contributed by atoms with Crippen molar-refractivity contribution in [3.8, 4) is 0 Å². The van der Waals surface area contributed by atoms with Gasteiger partial charge in [-0.1, -0.05) is 29.8 Å². The van der Waals surface area contributed by atoms with Crippen LogP contribution in [-0.4, -0.2) is 19.1 Å². The van der Waals surface area contributed by atoms with Gasteiger partial charge in [-0.25, -0.2) is 0 Å². The smallest absolute Gasteiger partial charge is 0.0400 e. The fourth-order valence-electron chi connectivity index (χ4n) is 3.00. The number of benzene rings is 1. The van der Waals surface area contributed by atoms with Crippen molar-refractivity contribution in [1.29, 1.82) is 0 Å². The van der Waals surface area contributed by atoms with E-state index in [0.29, 0.717) is 5.41 Å². The molecule has 106 valence electrons. The van der Waals surface area contributed by atoms with Crippen LogP contribution in [0.25, 0.3) is 0 Å². The third-order valence-electron chi connectivity index (χ3n) is 3.82. The molecule has 3 heteroatoms. The van der Waals surface area contributed by atoms with Gasteiger partial charge in [-0.2, -0.15) is 0 Å². The lowest BCUT2D eigenvalue weighted by atomic mass is 9.83. The number of hydrogen-bond donors (Lipinski definition) is 1. The van der Waals surface area contributed by atoms with Crippen LogP contribution in [0.4, 0.5) is 5.69 Å². The predicted molar refractivity (Wildman–Crippen MR) is 86.7 cm³/mol. The second kappa shape index (κ2) is 5.84. The predicted octanol–water partition coefficient (Wildman–Crippen LogP) is 3.97. The molecule has 2 N–H and O–H groups in total. The molecule has 1 aromatic rings. The van der Waals surface area contributed by atoms with Crippen LogP contribution < -0.4 is 10.6 Å². The van der Waals surface area contributed by atoms with Gasteiger partial charge >= 0.3 is 0 Å². The molecule has 19 heavy (non-hydrogen) atoms. The van der Waals surface area contributed by atoms with Gasteiger partial charge in [0.1, 0.15) is 0 Å². The molecule has 1 saturated heterocycles. The first kappa shape index (κ1) is 14.9. The molecule has 0 spiro atoms. The molecule has 1 atom stereocenters. The molecule has 0 aliphatic carbocycles. The Morgan fingerprint density at radius 3 is 2.79 bits per heavy atom. The lowest BCUT2D eigenvalue weighted by Crippen LogP contribution is -2.40. The first-order valence-corrected chi connectivity index (χ1v) is 7.96. The van der Waals surface area contributed by atoms with Crippen molar-refractivity contribution in [2.24, 2.45) is 11.1 Å². The standard InChI is InChI=1S/C16H25BrN2/c1-12(18)9-13-10-14(17)5-6-15(13)19-8-4-7-16(2,3)11-19/h5-6,10,12H,4,7-9,11,18H2,1-3H3. The van der Waals surface area contributed by atoms with Crippen molar-refractivity contribution in [2.45, 2.75) is 46.1 Å². The Kier molecular flexibility index (Phi) is 4.57. The van der Waals surface area contributed by atoms with E-state index in [-0.39, 0.29) is 6.04 Å². The summed E-state index contributed by atoms with van der Waals surface area (Å²) in [7, 11) is 0. The zero-order valence-electron chi connectivity index (χ0n) is 12.2. The zero-order chi connectivity index (χ0) is 14.0. The van der Waals surface area contributed by atoms with Gasteiger partial charge in [-0.3, -0.25) is 0 Å². The SMILES string of the molecule is CC(N)Cc1cc(Br)ccc1N1CCCC(C)(C)C1. The van der Waals surface area contributed by atoms with Crippen molar-refractivity contribution < 1.29 is 0 Å². The van der Waals surface area contributed by atoms with Gasteiger partial charge in [0.05, 0.1) is 0 Å². The number of anilines is 1. The number of halogens is 1. The maximum Gasteiger partial charge on any atom is 0.0400 e. The highest BCUT2D eigenvalue weighted by molar-refractivity contribution is 9.10. The highest BCUT2D eigenvalue weighted by Gasteiger charge is 2.27. The molecule has 1 aromatic carbocycles. The van der Waals surface area contributed by atoms with E-state index in [2.05, 4.69) is 59.8 Å². The van der Waals surface area contributed by atoms with Crippen LogP contribution in [0.1, 0.15) is 39.2 Å². The number of piperidine rings is 1. The van der Waals surface area contributed by atoms with E-state index in [1.807, 2.05) is 0 Å². The molecule has 0 amide bonds.